The Labute approximate surface area is 162 Å². The van der Waals surface area contributed by atoms with Gasteiger partial charge in [0.15, 0.2) is 0 Å². The predicted octanol–water partition coefficient (Wildman–Crippen LogP) is 4.11. The molecule has 2 rings (SSSR count). The van der Waals surface area contributed by atoms with Gasteiger partial charge in [0.05, 0.1) is 16.4 Å². The summed E-state index contributed by atoms with van der Waals surface area (Å²) < 4.78 is 0. The second kappa shape index (κ2) is 9.74. The minimum Gasteiger partial charge on any atom is -0.478 e. The maximum absolute atomic E-state index is 12.6. The molecular formula is C20H21N3O3S. The average Bonchev–Trinajstić information content (AvgIpc) is 2.66. The molecule has 2 N–H and O–H groups in total. The van der Waals surface area contributed by atoms with Gasteiger partial charge in [0.2, 0.25) is 5.91 Å². The van der Waals surface area contributed by atoms with Gasteiger partial charge in [-0.05, 0) is 49.2 Å². The van der Waals surface area contributed by atoms with E-state index in [1.807, 2.05) is 13.0 Å². The summed E-state index contributed by atoms with van der Waals surface area (Å²) in [4.78, 5) is 28.1. The van der Waals surface area contributed by atoms with Crippen LogP contribution in [0.5, 0.6) is 0 Å². The van der Waals surface area contributed by atoms with Gasteiger partial charge in [-0.3, -0.25) is 4.79 Å². The van der Waals surface area contributed by atoms with Crippen LogP contribution in [0.25, 0.3) is 0 Å². The van der Waals surface area contributed by atoms with Crippen molar-refractivity contribution in [1.29, 1.82) is 5.26 Å². The number of carboxylic acid groups (broad SMARTS) is 1. The van der Waals surface area contributed by atoms with E-state index >= 15 is 0 Å². The van der Waals surface area contributed by atoms with Gasteiger partial charge in [-0.2, -0.15) is 5.26 Å². The molecule has 0 aliphatic rings. The van der Waals surface area contributed by atoms with Crippen LogP contribution in [0.1, 0.15) is 48.3 Å². The molecule has 0 fully saturated rings. The molecule has 0 aliphatic carbocycles. The van der Waals surface area contributed by atoms with Crippen LogP contribution in [0.15, 0.2) is 41.4 Å². The third-order valence-electron chi connectivity index (χ3n) is 3.86. The highest BCUT2D eigenvalue weighted by Gasteiger charge is 2.21. The fraction of sp³-hybridized carbons (Fsp3) is 0.300. The van der Waals surface area contributed by atoms with Crippen molar-refractivity contribution >= 4 is 29.3 Å². The fourth-order valence-corrected chi connectivity index (χ4v) is 3.44. The van der Waals surface area contributed by atoms with Gasteiger partial charge in [-0.25, -0.2) is 9.78 Å². The van der Waals surface area contributed by atoms with Crippen LogP contribution in [-0.2, 0) is 11.2 Å². The van der Waals surface area contributed by atoms with Crippen molar-refractivity contribution in [2.45, 2.75) is 43.4 Å². The number of carboxylic acids is 1. The zero-order valence-corrected chi connectivity index (χ0v) is 16.0. The first-order valence-electron chi connectivity index (χ1n) is 8.69. The lowest BCUT2D eigenvalue weighted by Gasteiger charge is -2.15. The number of thioether (sulfide) groups is 1. The van der Waals surface area contributed by atoms with Gasteiger partial charge in [0.1, 0.15) is 11.1 Å². The number of hydrogen-bond donors (Lipinski definition) is 2. The number of aromatic nitrogens is 1. The van der Waals surface area contributed by atoms with E-state index < -0.39 is 11.2 Å². The molecule has 1 aromatic heterocycles. The van der Waals surface area contributed by atoms with Crippen molar-refractivity contribution < 1.29 is 14.7 Å². The minimum absolute atomic E-state index is 0.157. The van der Waals surface area contributed by atoms with E-state index in [9.17, 15) is 14.9 Å². The molecule has 1 heterocycles. The number of hydrogen-bond acceptors (Lipinski definition) is 5. The van der Waals surface area contributed by atoms with Crippen LogP contribution in [0, 0.1) is 11.3 Å². The van der Waals surface area contributed by atoms with E-state index in [2.05, 4.69) is 23.3 Å². The molecule has 140 valence electrons. The number of aromatic carboxylic acids is 1. The molecule has 0 spiro atoms. The minimum atomic E-state index is -1.02. The average molecular weight is 383 g/mol. The number of anilines is 1. The van der Waals surface area contributed by atoms with E-state index in [1.54, 1.807) is 18.2 Å². The fourth-order valence-electron chi connectivity index (χ4n) is 2.42. The van der Waals surface area contributed by atoms with E-state index in [1.165, 1.54) is 23.9 Å². The molecule has 1 unspecified atom stereocenters. The maximum Gasteiger partial charge on any atom is 0.335 e. The van der Waals surface area contributed by atoms with Crippen LogP contribution in [0.2, 0.25) is 0 Å². The number of aryl methyl sites for hydroxylation is 1. The summed E-state index contributed by atoms with van der Waals surface area (Å²) in [6.45, 7) is 3.96. The number of carbonyl (C=O) groups is 2. The number of nitriles is 1. The molecule has 7 heteroatoms. The summed E-state index contributed by atoms with van der Waals surface area (Å²) >= 11 is 1.28. The topological polar surface area (TPSA) is 103 Å². The van der Waals surface area contributed by atoms with Crippen LogP contribution in [-0.4, -0.2) is 27.2 Å². The Bertz CT molecular complexity index is 860. The van der Waals surface area contributed by atoms with Gasteiger partial charge < -0.3 is 10.4 Å². The molecule has 0 saturated heterocycles. The molecule has 1 amide bonds. The molecule has 27 heavy (non-hydrogen) atoms. The van der Waals surface area contributed by atoms with Gasteiger partial charge in [-0.1, -0.05) is 32.0 Å². The first-order valence-corrected chi connectivity index (χ1v) is 9.57. The number of benzene rings is 1. The Morgan fingerprint density at radius 2 is 1.93 bits per heavy atom. The highest BCUT2D eigenvalue weighted by Crippen LogP contribution is 2.28. The molecule has 1 atom stereocenters. The van der Waals surface area contributed by atoms with Crippen molar-refractivity contribution in [3.05, 3.63) is 53.2 Å². The molecule has 0 bridgehead atoms. The summed E-state index contributed by atoms with van der Waals surface area (Å²) in [6.07, 6.45) is 2.33. The molecule has 0 aliphatic heterocycles. The molecule has 6 nitrogen and oxygen atoms in total. The van der Waals surface area contributed by atoms with Crippen LogP contribution in [0.3, 0.4) is 0 Å². The van der Waals surface area contributed by atoms with Gasteiger partial charge in [-0.15, -0.1) is 0 Å². The summed E-state index contributed by atoms with van der Waals surface area (Å²) in [5.41, 5.74) is 2.04. The summed E-state index contributed by atoms with van der Waals surface area (Å²) in [5, 5.41) is 21.2. The number of carbonyl (C=O) groups excluding carboxylic acids is 1. The Morgan fingerprint density at radius 3 is 2.48 bits per heavy atom. The van der Waals surface area contributed by atoms with E-state index in [0.717, 1.165) is 18.5 Å². The Morgan fingerprint density at radius 1 is 1.22 bits per heavy atom. The Hall–Kier alpha value is -2.85. The number of pyridine rings is 1. The molecular weight excluding hydrogens is 362 g/mol. The molecule has 1 aromatic carbocycles. The first kappa shape index (κ1) is 20.5. The highest BCUT2D eigenvalue weighted by molar-refractivity contribution is 8.00. The Balaban J connectivity index is 2.14. The third kappa shape index (κ3) is 5.56. The number of nitrogens with one attached hydrogen (secondary N) is 1. The quantitative estimate of drug-likeness (QED) is 0.665. The summed E-state index contributed by atoms with van der Waals surface area (Å²) in [5.74, 6) is -1.23. The maximum atomic E-state index is 12.6. The van der Waals surface area contributed by atoms with E-state index in [-0.39, 0.29) is 11.5 Å². The van der Waals surface area contributed by atoms with Gasteiger partial charge in [0, 0.05) is 11.4 Å². The van der Waals surface area contributed by atoms with Crippen LogP contribution in [0.4, 0.5) is 5.69 Å². The summed E-state index contributed by atoms with van der Waals surface area (Å²) in [7, 11) is 0. The monoisotopic (exact) mass is 383 g/mol. The van der Waals surface area contributed by atoms with Crippen molar-refractivity contribution in [1.82, 2.24) is 4.98 Å². The normalized spacial score (nSPS) is 11.4. The number of rotatable bonds is 8. The van der Waals surface area contributed by atoms with E-state index in [4.69, 9.17) is 5.11 Å². The highest BCUT2D eigenvalue weighted by atomic mass is 32.2. The molecule has 0 radical (unpaired) electrons. The number of nitrogens with zero attached hydrogens (tertiary/aromatic N) is 2. The van der Waals surface area contributed by atoms with Crippen molar-refractivity contribution in [3.63, 3.8) is 0 Å². The summed E-state index contributed by atoms with van der Waals surface area (Å²) in [6, 6.07) is 11.7. The SMILES string of the molecule is CCCc1ccc(C#N)c(SC(CC)C(=O)Nc2ccc(C(=O)O)cc2)n1. The Kier molecular flexibility index (Phi) is 7.38. The largest absolute Gasteiger partial charge is 0.478 e. The van der Waals surface area contributed by atoms with Gasteiger partial charge >= 0.3 is 5.97 Å². The lowest BCUT2D eigenvalue weighted by atomic mass is 10.2. The van der Waals surface area contributed by atoms with Gasteiger partial charge in [0.25, 0.3) is 0 Å². The first-order chi connectivity index (χ1) is 13.0. The van der Waals surface area contributed by atoms with Crippen LogP contribution < -0.4 is 5.32 Å². The van der Waals surface area contributed by atoms with Crippen molar-refractivity contribution in [2.75, 3.05) is 5.32 Å². The third-order valence-corrected chi connectivity index (χ3v) is 5.23. The molecule has 2 aromatic rings. The van der Waals surface area contributed by atoms with Crippen molar-refractivity contribution in [2.24, 2.45) is 0 Å². The number of amides is 1. The standard InChI is InChI=1S/C20H21N3O3S/c1-3-5-15-11-8-14(12-21)19(23-15)27-17(4-2)18(24)22-16-9-6-13(7-10-16)20(25)26/h6-11,17H,3-5H2,1-2H3,(H,22,24)(H,25,26). The lowest BCUT2D eigenvalue weighted by molar-refractivity contribution is -0.115. The van der Waals surface area contributed by atoms with Crippen LogP contribution >= 0.6 is 11.8 Å². The van der Waals surface area contributed by atoms with E-state index in [0.29, 0.717) is 22.7 Å². The second-order valence-electron chi connectivity index (χ2n) is 5.90. The molecule has 0 saturated carbocycles. The zero-order chi connectivity index (χ0) is 19.8. The predicted molar refractivity (Wildman–Crippen MR) is 105 cm³/mol. The smallest absolute Gasteiger partial charge is 0.335 e. The van der Waals surface area contributed by atoms with Crippen molar-refractivity contribution in [3.8, 4) is 6.07 Å². The second-order valence-corrected chi connectivity index (χ2v) is 7.10. The lowest BCUT2D eigenvalue weighted by Crippen LogP contribution is -2.24. The zero-order valence-electron chi connectivity index (χ0n) is 15.2.